The van der Waals surface area contributed by atoms with Crippen molar-refractivity contribution in [3.05, 3.63) is 135 Å². The Morgan fingerprint density at radius 2 is 1.43 bits per heavy atom. The molecule has 0 aliphatic carbocycles. The van der Waals surface area contributed by atoms with Gasteiger partial charge in [-0.05, 0) is 102 Å². The van der Waals surface area contributed by atoms with E-state index in [1.807, 2.05) is 0 Å². The fourth-order valence-electron chi connectivity index (χ4n) is 4.49. The van der Waals surface area contributed by atoms with Gasteiger partial charge in [-0.25, -0.2) is 13.5 Å². The lowest BCUT2D eigenvalue weighted by molar-refractivity contribution is -0.206. The van der Waals surface area contributed by atoms with E-state index in [9.17, 15) is 22.7 Å². The van der Waals surface area contributed by atoms with Crippen molar-refractivity contribution in [1.29, 1.82) is 0 Å². The number of epoxide rings is 1. The van der Waals surface area contributed by atoms with Gasteiger partial charge in [0.25, 0.3) is 0 Å². The number of pyridine rings is 2. The molecule has 1 saturated heterocycles. The van der Waals surface area contributed by atoms with Crippen molar-refractivity contribution in [3.8, 4) is 0 Å². The fraction of sp³-hybridized carbons (Fsp3) is 0.233. The maximum Gasteiger partial charge on any atom is 0.324 e. The molecular weight excluding hydrogens is 750 g/mol. The van der Waals surface area contributed by atoms with Gasteiger partial charge < -0.3 is 9.84 Å². The number of hydrogen-bond acceptors (Lipinski definition) is 7. The van der Waals surface area contributed by atoms with Gasteiger partial charge in [0.05, 0.1) is 13.2 Å². The van der Waals surface area contributed by atoms with Gasteiger partial charge in [0, 0.05) is 21.3 Å². The van der Waals surface area contributed by atoms with E-state index in [0.717, 1.165) is 35.3 Å². The second kappa shape index (κ2) is 13.6. The van der Waals surface area contributed by atoms with E-state index in [1.165, 1.54) is 60.9 Å². The Morgan fingerprint density at radius 1 is 0.848 bits per heavy atom. The molecule has 46 heavy (non-hydrogen) atoms. The van der Waals surface area contributed by atoms with E-state index in [-0.39, 0.29) is 25.2 Å². The van der Waals surface area contributed by atoms with Crippen molar-refractivity contribution >= 4 is 31.9 Å². The smallest absolute Gasteiger partial charge is 0.324 e. The molecule has 0 radical (unpaired) electrons. The van der Waals surface area contributed by atoms with Crippen molar-refractivity contribution in [2.75, 3.05) is 6.61 Å². The summed E-state index contributed by atoms with van der Waals surface area (Å²) in [4.78, 5) is 7.42. The summed E-state index contributed by atoms with van der Waals surface area (Å²) in [7, 11) is 0. The maximum absolute atomic E-state index is 15.2. The average molecular weight is 774 g/mol. The van der Waals surface area contributed by atoms with Crippen LogP contribution >= 0.6 is 31.9 Å². The molecule has 6 rings (SSSR count). The predicted molar refractivity (Wildman–Crippen MR) is 161 cm³/mol. The van der Waals surface area contributed by atoms with Gasteiger partial charge in [0.2, 0.25) is 0 Å². The van der Waals surface area contributed by atoms with Gasteiger partial charge >= 0.3 is 11.8 Å². The van der Waals surface area contributed by atoms with Crippen LogP contribution < -0.4 is 0 Å². The Bertz CT molecular complexity index is 1760. The molecule has 1 N–H and O–H groups in total. The molecule has 8 nitrogen and oxygen atoms in total. The van der Waals surface area contributed by atoms with Gasteiger partial charge in [0.1, 0.15) is 29.3 Å². The highest BCUT2D eigenvalue weighted by Crippen LogP contribution is 2.55. The molecule has 1 aliphatic heterocycles. The number of nitrogens with zero attached hydrogens (tertiary/aromatic N) is 6. The third-order valence-electron chi connectivity index (χ3n) is 6.93. The summed E-state index contributed by atoms with van der Waals surface area (Å²) < 4.78 is 93.6. The highest BCUT2D eigenvalue weighted by Gasteiger charge is 2.67. The van der Waals surface area contributed by atoms with Crippen LogP contribution in [-0.2, 0) is 34.3 Å². The molecule has 0 spiro atoms. The van der Waals surface area contributed by atoms with Crippen molar-refractivity contribution in [3.63, 3.8) is 0 Å². The first-order chi connectivity index (χ1) is 21.3. The van der Waals surface area contributed by atoms with Crippen molar-refractivity contribution in [2.24, 2.45) is 0 Å². The molecule has 0 bridgehead atoms. The molecular formula is C30H24Br2F6N6O2. The number of tetrazole rings is 1. The van der Waals surface area contributed by atoms with Crippen LogP contribution in [0, 0.1) is 11.6 Å². The first-order valence-corrected chi connectivity index (χ1v) is 14.5. The maximum atomic E-state index is 15.2. The minimum Gasteiger partial charge on any atom is -0.377 e. The summed E-state index contributed by atoms with van der Waals surface area (Å²) in [5.74, 6) is -8.52. The molecule has 2 unspecified atom stereocenters. The molecule has 2 atom stereocenters. The zero-order valence-corrected chi connectivity index (χ0v) is 25.8. The van der Waals surface area contributed by atoms with Crippen LogP contribution in [0.3, 0.4) is 0 Å². The lowest BCUT2D eigenvalue weighted by atomic mass is 9.85. The second-order valence-corrected chi connectivity index (χ2v) is 11.7. The highest BCUT2D eigenvalue weighted by atomic mass is 79.9. The number of aliphatic hydroxyl groups is 1. The van der Waals surface area contributed by atoms with E-state index in [1.54, 1.807) is 0 Å². The van der Waals surface area contributed by atoms with Gasteiger partial charge in [-0.15, -0.1) is 5.10 Å². The van der Waals surface area contributed by atoms with E-state index in [2.05, 4.69) is 57.4 Å². The SMILES string of the molecule is C.Fc1cccc(C2(C(F)(F)c3ccc(Br)cn3)CO2)c1.OC(Cn1cnnn1)(c1cccc(F)c1)C(F)(F)c1ccc(Br)cn1. The van der Waals surface area contributed by atoms with Gasteiger partial charge in [-0.1, -0.05) is 31.7 Å². The molecule has 0 saturated carbocycles. The largest absolute Gasteiger partial charge is 0.377 e. The monoisotopic (exact) mass is 772 g/mol. The lowest BCUT2D eigenvalue weighted by Gasteiger charge is -2.35. The molecule has 5 aromatic rings. The van der Waals surface area contributed by atoms with Gasteiger partial charge in [0.15, 0.2) is 11.2 Å². The quantitative estimate of drug-likeness (QED) is 0.131. The Kier molecular flexibility index (Phi) is 10.4. The molecule has 242 valence electrons. The number of hydrogen-bond donors (Lipinski definition) is 1. The van der Waals surface area contributed by atoms with Crippen LogP contribution in [0.5, 0.6) is 0 Å². The van der Waals surface area contributed by atoms with Crippen LogP contribution in [0.4, 0.5) is 26.3 Å². The normalized spacial score (nSPS) is 17.2. The van der Waals surface area contributed by atoms with E-state index < -0.39 is 52.6 Å². The van der Waals surface area contributed by atoms with Crippen LogP contribution in [0.1, 0.15) is 29.9 Å². The number of rotatable bonds is 8. The lowest BCUT2D eigenvalue weighted by Crippen LogP contribution is -2.47. The number of ether oxygens (including phenoxy) is 1. The average Bonchev–Trinajstić information content (AvgIpc) is 3.69. The number of alkyl halides is 4. The Labute approximate surface area is 275 Å². The van der Waals surface area contributed by atoms with E-state index in [4.69, 9.17) is 4.74 Å². The molecule has 16 heteroatoms. The van der Waals surface area contributed by atoms with Crippen molar-refractivity contribution in [1.82, 2.24) is 30.2 Å². The van der Waals surface area contributed by atoms with Crippen molar-refractivity contribution < 1.29 is 36.2 Å². The number of halogens is 8. The van der Waals surface area contributed by atoms with E-state index in [0.29, 0.717) is 8.95 Å². The minimum absolute atomic E-state index is 0. The molecule has 4 heterocycles. The Balaban J connectivity index is 0.000000209. The third kappa shape index (κ3) is 6.84. The minimum atomic E-state index is -3.85. The zero-order valence-electron chi connectivity index (χ0n) is 22.6. The number of benzene rings is 2. The Morgan fingerprint density at radius 3 is 1.93 bits per heavy atom. The van der Waals surface area contributed by atoms with Gasteiger partial charge in [-0.2, -0.15) is 17.6 Å². The van der Waals surface area contributed by atoms with Crippen molar-refractivity contribution in [2.45, 2.75) is 37.0 Å². The summed E-state index contributed by atoms with van der Waals surface area (Å²) in [6.07, 6.45) is 3.56. The van der Waals surface area contributed by atoms with Gasteiger partial charge in [-0.3, -0.25) is 9.97 Å². The van der Waals surface area contributed by atoms with E-state index >= 15 is 8.78 Å². The molecule has 1 aliphatic rings. The predicted octanol–water partition coefficient (Wildman–Crippen LogP) is 7.29. The molecule has 1 fully saturated rings. The van der Waals surface area contributed by atoms with Crippen LogP contribution in [0.2, 0.25) is 0 Å². The first kappa shape index (κ1) is 35.1. The fourth-order valence-corrected chi connectivity index (χ4v) is 4.96. The summed E-state index contributed by atoms with van der Waals surface area (Å²) >= 11 is 6.26. The second-order valence-electron chi connectivity index (χ2n) is 9.88. The summed E-state index contributed by atoms with van der Waals surface area (Å²) in [6, 6.07) is 14.6. The summed E-state index contributed by atoms with van der Waals surface area (Å²) in [5.41, 5.74) is -5.93. The molecule has 0 amide bonds. The third-order valence-corrected chi connectivity index (χ3v) is 7.87. The van der Waals surface area contributed by atoms with Crippen LogP contribution in [0.15, 0.2) is 100 Å². The Hall–Kier alpha value is -3.73. The molecule has 3 aromatic heterocycles. The van der Waals surface area contributed by atoms with Crippen LogP contribution in [0.25, 0.3) is 0 Å². The van der Waals surface area contributed by atoms with Crippen LogP contribution in [-0.4, -0.2) is 41.9 Å². The first-order valence-electron chi connectivity index (χ1n) is 12.9. The highest BCUT2D eigenvalue weighted by molar-refractivity contribution is 9.10. The molecule has 2 aromatic carbocycles. The standard InChI is InChI=1S/C15H11BrF3N5O.C14H9BrF3NO.CH4/c16-11-4-5-13(20-7-11)15(18,19)14(25,8-24-9-21-22-23-24)10-2-1-3-12(17)6-10;15-10-4-5-12(19-7-10)14(17,18)13(8-20-13)9-2-1-3-11(16)6-9;/h1-7,9,25H,8H2;1-7H,8H2;1H4. The number of aromatic nitrogens is 6. The summed E-state index contributed by atoms with van der Waals surface area (Å²) in [6.45, 7) is -0.866. The topological polar surface area (TPSA) is 102 Å². The zero-order chi connectivity index (χ0) is 32.5. The summed E-state index contributed by atoms with van der Waals surface area (Å²) in [5, 5.41) is 21.2.